The van der Waals surface area contributed by atoms with Crippen molar-refractivity contribution in [1.29, 1.82) is 0 Å². The molecule has 0 bridgehead atoms. The summed E-state index contributed by atoms with van der Waals surface area (Å²) in [5, 5.41) is 10.7. The van der Waals surface area contributed by atoms with E-state index in [9.17, 15) is 43.2 Å². The van der Waals surface area contributed by atoms with Crippen LogP contribution < -0.4 is 0 Å². The third kappa shape index (κ3) is 79.9. The van der Waals surface area contributed by atoms with Crippen LogP contribution >= 0.6 is 15.6 Å². The zero-order chi connectivity index (χ0) is 77.1. The summed E-state index contributed by atoms with van der Waals surface area (Å²) in [6.45, 7) is 9.64. The van der Waals surface area contributed by atoms with E-state index in [0.29, 0.717) is 25.7 Å². The lowest BCUT2D eigenvalue weighted by Crippen LogP contribution is -2.30. The first kappa shape index (κ1) is 103. The highest BCUT2D eigenvalue weighted by molar-refractivity contribution is 7.47. The van der Waals surface area contributed by atoms with Crippen LogP contribution in [0.4, 0.5) is 0 Å². The number of hydrogen-bond donors (Lipinski definition) is 3. The summed E-state index contributed by atoms with van der Waals surface area (Å²) in [6, 6.07) is 0. The summed E-state index contributed by atoms with van der Waals surface area (Å²) < 4.78 is 68.9. The zero-order valence-corrected chi connectivity index (χ0v) is 70.8. The largest absolute Gasteiger partial charge is 0.472 e. The predicted octanol–water partition coefficient (Wildman–Crippen LogP) is 26.2. The third-order valence-corrected chi connectivity index (χ3v) is 22.1. The molecule has 0 aromatic heterocycles. The van der Waals surface area contributed by atoms with Gasteiger partial charge < -0.3 is 33.8 Å². The molecule has 17 nitrogen and oxygen atoms in total. The average molecular weight is 1540 g/mol. The molecule has 105 heavy (non-hydrogen) atoms. The second kappa shape index (κ2) is 77.4. The van der Waals surface area contributed by atoms with Crippen LogP contribution in [0.15, 0.2) is 0 Å². The minimum atomic E-state index is -4.97. The van der Waals surface area contributed by atoms with E-state index >= 15 is 0 Å². The number of aliphatic hydroxyl groups is 1. The van der Waals surface area contributed by atoms with Gasteiger partial charge in [0.2, 0.25) is 0 Å². The molecule has 19 heteroatoms. The topological polar surface area (TPSA) is 237 Å². The Morgan fingerprint density at radius 3 is 0.648 bits per heavy atom. The molecule has 0 aromatic rings. The second-order valence-corrected chi connectivity index (χ2v) is 34.8. The minimum absolute atomic E-state index is 0.107. The second-order valence-electron chi connectivity index (χ2n) is 31.9. The Balaban J connectivity index is 5.24. The van der Waals surface area contributed by atoms with Gasteiger partial charge in [-0.25, -0.2) is 9.13 Å². The van der Waals surface area contributed by atoms with Gasteiger partial charge in [0.05, 0.1) is 26.4 Å². The Morgan fingerprint density at radius 1 is 0.257 bits per heavy atom. The molecule has 0 saturated heterocycles. The highest BCUT2D eigenvalue weighted by Crippen LogP contribution is 2.45. The molecule has 0 aliphatic carbocycles. The number of esters is 4. The third-order valence-electron chi connectivity index (χ3n) is 20.2. The molecule has 3 N–H and O–H groups in total. The maximum atomic E-state index is 13.1. The fraction of sp³-hybridized carbons (Fsp3) is 0.953. The Hall–Kier alpha value is -1.94. The lowest BCUT2D eigenvalue weighted by molar-refractivity contribution is -0.161. The summed E-state index contributed by atoms with van der Waals surface area (Å²) in [4.78, 5) is 73.2. The molecule has 0 aromatic carbocycles. The van der Waals surface area contributed by atoms with Crippen molar-refractivity contribution < 1.29 is 80.2 Å². The first-order valence-electron chi connectivity index (χ1n) is 44.5. The molecule has 0 spiro atoms. The molecule has 5 atom stereocenters. The summed E-state index contributed by atoms with van der Waals surface area (Å²) in [5.41, 5.74) is 0. The predicted molar refractivity (Wildman–Crippen MR) is 432 cm³/mol. The van der Waals surface area contributed by atoms with Gasteiger partial charge in [-0.1, -0.05) is 408 Å². The molecule has 0 aliphatic heterocycles. The number of hydrogen-bond acceptors (Lipinski definition) is 15. The monoisotopic (exact) mass is 1540 g/mol. The average Bonchev–Trinajstić information content (AvgIpc) is 0.925. The van der Waals surface area contributed by atoms with E-state index in [4.69, 9.17) is 37.0 Å². The number of unbranched alkanes of at least 4 members (excludes halogenated alkanes) is 55. The number of ether oxygens (including phenoxy) is 4. The number of carbonyl (C=O) groups excluding carboxylic acids is 4. The summed E-state index contributed by atoms with van der Waals surface area (Å²) in [7, 11) is -9.93. The van der Waals surface area contributed by atoms with Crippen molar-refractivity contribution >= 4 is 39.5 Å². The summed E-state index contributed by atoms with van der Waals surface area (Å²) in [6.07, 6.45) is 69.5. The molecular weight excluding hydrogens is 1370 g/mol. The lowest BCUT2D eigenvalue weighted by Gasteiger charge is -2.21. The molecule has 0 aliphatic rings. The first-order valence-corrected chi connectivity index (χ1v) is 47.5. The molecular formula is C86H168O17P2. The van der Waals surface area contributed by atoms with Gasteiger partial charge in [0, 0.05) is 25.7 Å². The fourth-order valence-corrected chi connectivity index (χ4v) is 15.0. The normalized spacial score (nSPS) is 13.8. The Bertz CT molecular complexity index is 2010. The van der Waals surface area contributed by atoms with Crippen molar-refractivity contribution in [3.63, 3.8) is 0 Å². The van der Waals surface area contributed by atoms with Gasteiger partial charge in [0.1, 0.15) is 19.3 Å². The van der Waals surface area contributed by atoms with Crippen LogP contribution in [-0.2, 0) is 65.4 Å². The maximum absolute atomic E-state index is 13.1. The van der Waals surface area contributed by atoms with Crippen molar-refractivity contribution in [3.8, 4) is 0 Å². The number of phosphoric ester groups is 2. The van der Waals surface area contributed by atoms with Crippen molar-refractivity contribution in [2.24, 2.45) is 11.8 Å². The van der Waals surface area contributed by atoms with Gasteiger partial charge in [-0.2, -0.15) is 0 Å². The Morgan fingerprint density at radius 2 is 0.438 bits per heavy atom. The van der Waals surface area contributed by atoms with Crippen LogP contribution in [0.3, 0.4) is 0 Å². The Kier molecular flexibility index (Phi) is 76.0. The summed E-state index contributed by atoms with van der Waals surface area (Å²) >= 11 is 0. The molecule has 624 valence electrons. The van der Waals surface area contributed by atoms with E-state index in [2.05, 4.69) is 41.5 Å². The van der Waals surface area contributed by atoms with Crippen molar-refractivity contribution in [3.05, 3.63) is 0 Å². The van der Waals surface area contributed by atoms with Gasteiger partial charge in [0.25, 0.3) is 0 Å². The van der Waals surface area contributed by atoms with Crippen LogP contribution in [0.1, 0.15) is 459 Å². The van der Waals surface area contributed by atoms with E-state index in [0.717, 1.165) is 102 Å². The number of carbonyl (C=O) groups is 4. The number of aliphatic hydroxyl groups excluding tert-OH is 1. The number of phosphoric acid groups is 2. The van der Waals surface area contributed by atoms with Gasteiger partial charge in [-0.05, 0) is 37.5 Å². The van der Waals surface area contributed by atoms with E-state index < -0.39 is 97.5 Å². The zero-order valence-electron chi connectivity index (χ0n) is 69.0. The summed E-state index contributed by atoms with van der Waals surface area (Å²) in [5.74, 6) is -0.600. The molecule has 2 unspecified atom stereocenters. The molecule has 0 amide bonds. The van der Waals surface area contributed by atoms with Gasteiger partial charge in [-0.3, -0.25) is 37.3 Å². The maximum Gasteiger partial charge on any atom is 0.472 e. The smallest absolute Gasteiger partial charge is 0.462 e. The van der Waals surface area contributed by atoms with Crippen molar-refractivity contribution in [2.75, 3.05) is 39.6 Å². The number of rotatable bonds is 85. The minimum Gasteiger partial charge on any atom is -0.462 e. The van der Waals surface area contributed by atoms with Crippen molar-refractivity contribution in [2.45, 2.75) is 477 Å². The van der Waals surface area contributed by atoms with Gasteiger partial charge in [-0.15, -0.1) is 0 Å². The van der Waals surface area contributed by atoms with Crippen LogP contribution in [-0.4, -0.2) is 96.7 Å². The van der Waals surface area contributed by atoms with Crippen molar-refractivity contribution in [1.82, 2.24) is 0 Å². The molecule has 0 radical (unpaired) electrons. The molecule has 0 fully saturated rings. The highest BCUT2D eigenvalue weighted by atomic mass is 31.2. The quantitative estimate of drug-likeness (QED) is 0.0222. The van der Waals surface area contributed by atoms with Gasteiger partial charge >= 0.3 is 39.5 Å². The van der Waals surface area contributed by atoms with E-state index in [1.165, 1.54) is 276 Å². The standard InChI is InChI=1S/C86H168O17P2/c1-7-9-11-13-15-17-19-21-23-25-27-29-31-33-35-40-44-52-58-64-70-85(90)102-81(74-96-83(88)68-62-56-50-43-39-34-32-30-28-26-24-22-20-18-16-14-12-10-8-2)76-100-104(92,93)98-72-80(87)73-99-105(94,95)101-77-82(75-97-84(89)69-63-57-51-47-46-49-55-61-67-79(5)6)103-86(91)71-65-59-53-45-41-37-36-38-42-48-54-60-66-78(3)4/h78-82,87H,7-77H2,1-6H3,(H,92,93)(H,94,95)/t80-,81-,82-/m1/s1. The first-order chi connectivity index (χ1) is 50.9. The van der Waals surface area contributed by atoms with E-state index in [-0.39, 0.29) is 25.7 Å². The Labute approximate surface area is 645 Å². The lowest BCUT2D eigenvalue weighted by atomic mass is 10.0. The highest BCUT2D eigenvalue weighted by Gasteiger charge is 2.30. The van der Waals surface area contributed by atoms with Crippen LogP contribution in [0.25, 0.3) is 0 Å². The van der Waals surface area contributed by atoms with E-state index in [1.54, 1.807) is 0 Å². The molecule has 0 heterocycles. The van der Waals surface area contributed by atoms with E-state index in [1.807, 2.05) is 0 Å². The van der Waals surface area contributed by atoms with Crippen LogP contribution in [0.2, 0.25) is 0 Å². The molecule has 0 saturated carbocycles. The fourth-order valence-electron chi connectivity index (χ4n) is 13.4. The molecule has 0 rings (SSSR count). The van der Waals surface area contributed by atoms with Crippen LogP contribution in [0, 0.1) is 11.8 Å². The van der Waals surface area contributed by atoms with Gasteiger partial charge in [0.15, 0.2) is 12.2 Å². The van der Waals surface area contributed by atoms with Crippen LogP contribution in [0.5, 0.6) is 0 Å². The SMILES string of the molecule is CCCCCCCCCCCCCCCCCCCCCCC(=O)O[C@H](COC(=O)CCCCCCCCCCCCCCCCCCCCC)COP(=O)(O)OC[C@@H](O)COP(=O)(O)OC[C@@H](COC(=O)CCCCCCCCCCC(C)C)OC(=O)CCCCCCCCCCCCCCC(C)C.